The van der Waals surface area contributed by atoms with Gasteiger partial charge >= 0.3 is 0 Å². The monoisotopic (exact) mass is 413 g/mol. The largest absolute Gasteiger partial charge is 0.494 e. The zero-order chi connectivity index (χ0) is 22.0. The Labute approximate surface area is 178 Å². The number of ether oxygens (including phenoxy) is 2. The molecular formula is C22H31N5O3. The Balaban J connectivity index is 1.87. The number of guanidine groups is 1. The van der Waals surface area contributed by atoms with Crippen LogP contribution in [0.5, 0.6) is 17.4 Å². The second kappa shape index (κ2) is 11.0. The summed E-state index contributed by atoms with van der Waals surface area (Å²) in [6.07, 6.45) is 1.69. The van der Waals surface area contributed by atoms with E-state index in [9.17, 15) is 4.79 Å². The van der Waals surface area contributed by atoms with Gasteiger partial charge in [0.15, 0.2) is 5.96 Å². The normalized spacial score (nSPS) is 11.6. The van der Waals surface area contributed by atoms with Crippen LogP contribution in [0.1, 0.15) is 33.3 Å². The summed E-state index contributed by atoms with van der Waals surface area (Å²) in [7, 11) is 1.66. The van der Waals surface area contributed by atoms with Crippen molar-refractivity contribution in [3.8, 4) is 17.4 Å². The Morgan fingerprint density at radius 2 is 1.80 bits per heavy atom. The summed E-state index contributed by atoms with van der Waals surface area (Å²) in [5, 5.41) is 9.07. The molecule has 0 saturated heterocycles. The maximum atomic E-state index is 11.9. The number of rotatable bonds is 8. The maximum absolute atomic E-state index is 11.9. The predicted molar refractivity (Wildman–Crippen MR) is 118 cm³/mol. The zero-order valence-electron chi connectivity index (χ0n) is 18.3. The lowest BCUT2D eigenvalue weighted by Gasteiger charge is -2.21. The standard InChI is InChI=1S/C22H31N5O3/c1-6-29-17-7-9-18(10-8-17)30-20-13-16(11-12-24-20)14-25-21(23-5)26-15-19(28)27-22(2,3)4/h7-13H,6,14-15H2,1-5H3,(H,27,28)(H2,23,25,26). The number of nitrogens with zero attached hydrogens (tertiary/aromatic N) is 2. The molecule has 0 unspecified atom stereocenters. The number of nitrogens with one attached hydrogen (secondary N) is 3. The molecule has 1 aromatic heterocycles. The van der Waals surface area contributed by atoms with Gasteiger partial charge in [-0.25, -0.2) is 4.98 Å². The van der Waals surface area contributed by atoms with E-state index in [1.54, 1.807) is 13.2 Å². The first-order valence-corrected chi connectivity index (χ1v) is 9.90. The second-order valence-corrected chi connectivity index (χ2v) is 7.59. The number of pyridine rings is 1. The molecule has 0 radical (unpaired) electrons. The first-order chi connectivity index (χ1) is 14.3. The molecule has 1 heterocycles. The van der Waals surface area contributed by atoms with E-state index in [0.29, 0.717) is 30.7 Å². The van der Waals surface area contributed by atoms with Crippen LogP contribution >= 0.6 is 0 Å². The molecule has 1 aromatic carbocycles. The van der Waals surface area contributed by atoms with Crippen molar-refractivity contribution in [3.05, 3.63) is 48.2 Å². The average Bonchev–Trinajstić information content (AvgIpc) is 2.69. The highest BCUT2D eigenvalue weighted by molar-refractivity contribution is 5.86. The molecular weight excluding hydrogens is 382 g/mol. The summed E-state index contributed by atoms with van der Waals surface area (Å²) in [4.78, 5) is 20.3. The molecule has 0 aliphatic rings. The van der Waals surface area contributed by atoms with Crippen LogP contribution in [-0.2, 0) is 11.3 Å². The van der Waals surface area contributed by atoms with Crippen molar-refractivity contribution in [2.45, 2.75) is 39.8 Å². The van der Waals surface area contributed by atoms with E-state index in [4.69, 9.17) is 9.47 Å². The van der Waals surface area contributed by atoms with Crippen molar-refractivity contribution in [2.24, 2.45) is 4.99 Å². The number of amides is 1. The third kappa shape index (κ3) is 8.38. The van der Waals surface area contributed by atoms with E-state index in [0.717, 1.165) is 11.3 Å². The minimum absolute atomic E-state index is 0.0968. The Morgan fingerprint density at radius 3 is 2.43 bits per heavy atom. The van der Waals surface area contributed by atoms with Gasteiger partial charge in [0.1, 0.15) is 11.5 Å². The van der Waals surface area contributed by atoms with E-state index < -0.39 is 0 Å². The van der Waals surface area contributed by atoms with Gasteiger partial charge in [0, 0.05) is 31.4 Å². The van der Waals surface area contributed by atoms with E-state index in [-0.39, 0.29) is 18.0 Å². The first-order valence-electron chi connectivity index (χ1n) is 9.90. The highest BCUT2D eigenvalue weighted by atomic mass is 16.5. The number of carbonyl (C=O) groups is 1. The molecule has 0 bridgehead atoms. The molecule has 162 valence electrons. The van der Waals surface area contributed by atoms with Crippen molar-refractivity contribution in [1.29, 1.82) is 0 Å². The molecule has 30 heavy (non-hydrogen) atoms. The van der Waals surface area contributed by atoms with Gasteiger partial charge in [-0.15, -0.1) is 0 Å². The summed E-state index contributed by atoms with van der Waals surface area (Å²) in [6, 6.07) is 11.1. The molecule has 8 nitrogen and oxygen atoms in total. The number of benzene rings is 1. The molecule has 2 aromatic rings. The van der Waals surface area contributed by atoms with Crippen molar-refractivity contribution in [3.63, 3.8) is 0 Å². The topological polar surface area (TPSA) is 96.9 Å². The molecule has 0 atom stereocenters. The number of hydrogen-bond donors (Lipinski definition) is 3. The van der Waals surface area contributed by atoms with Crippen LogP contribution in [0.15, 0.2) is 47.6 Å². The summed E-state index contributed by atoms with van der Waals surface area (Å²) < 4.78 is 11.2. The quantitative estimate of drug-likeness (QED) is 0.455. The van der Waals surface area contributed by atoms with Gasteiger partial charge in [0.05, 0.1) is 13.2 Å². The fraction of sp³-hybridized carbons (Fsp3) is 0.409. The van der Waals surface area contributed by atoms with E-state index in [1.807, 2.05) is 64.1 Å². The Hall–Kier alpha value is -3.29. The third-order valence-electron chi connectivity index (χ3n) is 3.77. The van der Waals surface area contributed by atoms with Gasteiger partial charge < -0.3 is 25.4 Å². The van der Waals surface area contributed by atoms with Crippen molar-refractivity contribution < 1.29 is 14.3 Å². The van der Waals surface area contributed by atoms with Crippen LogP contribution in [-0.4, -0.2) is 42.6 Å². The van der Waals surface area contributed by atoms with Gasteiger partial charge in [-0.3, -0.25) is 9.79 Å². The predicted octanol–water partition coefficient (Wildman–Crippen LogP) is 2.85. The summed E-state index contributed by atoms with van der Waals surface area (Å²) >= 11 is 0. The lowest BCUT2D eigenvalue weighted by Crippen LogP contribution is -2.48. The SMILES string of the molecule is CCOc1ccc(Oc2cc(CNC(=NC)NCC(=O)NC(C)(C)C)ccn2)cc1. The van der Waals surface area contributed by atoms with Crippen molar-refractivity contribution in [2.75, 3.05) is 20.2 Å². The van der Waals surface area contributed by atoms with Crippen LogP contribution < -0.4 is 25.4 Å². The molecule has 0 spiro atoms. The van der Waals surface area contributed by atoms with Crippen LogP contribution in [0, 0.1) is 0 Å². The summed E-state index contributed by atoms with van der Waals surface area (Å²) in [5.41, 5.74) is 0.694. The van der Waals surface area contributed by atoms with Crippen LogP contribution in [0.2, 0.25) is 0 Å². The molecule has 8 heteroatoms. The number of aliphatic imine (C=N–C) groups is 1. The molecule has 0 saturated carbocycles. The smallest absolute Gasteiger partial charge is 0.239 e. The Bertz CT molecular complexity index is 845. The van der Waals surface area contributed by atoms with Crippen LogP contribution in [0.3, 0.4) is 0 Å². The molecule has 0 aliphatic heterocycles. The fourth-order valence-electron chi connectivity index (χ4n) is 2.54. The van der Waals surface area contributed by atoms with Crippen LogP contribution in [0.25, 0.3) is 0 Å². The van der Waals surface area contributed by atoms with E-state index in [1.165, 1.54) is 0 Å². The maximum Gasteiger partial charge on any atom is 0.239 e. The van der Waals surface area contributed by atoms with E-state index >= 15 is 0 Å². The van der Waals surface area contributed by atoms with Gasteiger partial charge in [-0.05, 0) is 63.6 Å². The van der Waals surface area contributed by atoms with Gasteiger partial charge in [-0.1, -0.05) is 0 Å². The fourth-order valence-corrected chi connectivity index (χ4v) is 2.54. The summed E-state index contributed by atoms with van der Waals surface area (Å²) in [5.74, 6) is 2.40. The van der Waals surface area contributed by atoms with Gasteiger partial charge in [0.2, 0.25) is 11.8 Å². The van der Waals surface area contributed by atoms with Crippen molar-refractivity contribution in [1.82, 2.24) is 20.9 Å². The zero-order valence-corrected chi connectivity index (χ0v) is 18.3. The average molecular weight is 414 g/mol. The lowest BCUT2D eigenvalue weighted by atomic mass is 10.1. The minimum Gasteiger partial charge on any atom is -0.494 e. The highest BCUT2D eigenvalue weighted by Gasteiger charge is 2.13. The minimum atomic E-state index is -0.271. The van der Waals surface area contributed by atoms with Gasteiger partial charge in [-0.2, -0.15) is 0 Å². The van der Waals surface area contributed by atoms with Crippen LogP contribution in [0.4, 0.5) is 0 Å². The first kappa shape index (κ1) is 23.0. The second-order valence-electron chi connectivity index (χ2n) is 7.59. The third-order valence-corrected chi connectivity index (χ3v) is 3.77. The number of carbonyl (C=O) groups excluding carboxylic acids is 1. The summed E-state index contributed by atoms with van der Waals surface area (Å²) in [6.45, 7) is 9.02. The number of hydrogen-bond acceptors (Lipinski definition) is 5. The van der Waals surface area contributed by atoms with E-state index in [2.05, 4.69) is 25.9 Å². The molecule has 1 amide bonds. The molecule has 2 rings (SSSR count). The van der Waals surface area contributed by atoms with Gasteiger partial charge in [0.25, 0.3) is 0 Å². The molecule has 0 fully saturated rings. The lowest BCUT2D eigenvalue weighted by molar-refractivity contribution is -0.121. The molecule has 0 aliphatic carbocycles. The van der Waals surface area contributed by atoms with Crippen molar-refractivity contribution >= 4 is 11.9 Å². The Morgan fingerprint density at radius 1 is 1.10 bits per heavy atom. The highest BCUT2D eigenvalue weighted by Crippen LogP contribution is 2.23. The Kier molecular flexibility index (Phi) is 8.46. The molecule has 3 N–H and O–H groups in total. The number of aromatic nitrogens is 1.